The van der Waals surface area contributed by atoms with Crippen LogP contribution in [0.3, 0.4) is 0 Å². The van der Waals surface area contributed by atoms with Crippen molar-refractivity contribution in [3.05, 3.63) is 24.3 Å². The molecule has 0 amide bonds. The number of guanidine groups is 1. The van der Waals surface area contributed by atoms with Gasteiger partial charge in [0.1, 0.15) is 0 Å². The Morgan fingerprint density at radius 1 is 1.27 bits per heavy atom. The Bertz CT molecular complexity index is 492. The van der Waals surface area contributed by atoms with Crippen molar-refractivity contribution in [2.24, 2.45) is 5.73 Å². The molecule has 0 bridgehead atoms. The molecule has 0 aromatic heterocycles. The third kappa shape index (κ3) is 6.31. The molecule has 1 fully saturated rings. The number of benzene rings is 1. The number of hydrogen-bond donors (Lipinski definition) is 5. The molecule has 1 saturated heterocycles. The van der Waals surface area contributed by atoms with Gasteiger partial charge in [-0.15, -0.1) is 0 Å². The summed E-state index contributed by atoms with van der Waals surface area (Å²) in [6.45, 7) is 6.00. The quantitative estimate of drug-likeness (QED) is 0.416. The summed E-state index contributed by atoms with van der Waals surface area (Å²) < 4.78 is 5.72. The third-order valence-corrected chi connectivity index (χ3v) is 2.93. The molecule has 0 aliphatic carbocycles. The van der Waals surface area contributed by atoms with Crippen LogP contribution in [0.2, 0.25) is 0 Å². The maximum atomic E-state index is 8.56. The van der Waals surface area contributed by atoms with Gasteiger partial charge in [-0.25, -0.2) is 4.79 Å². The van der Waals surface area contributed by atoms with Crippen molar-refractivity contribution in [2.45, 2.75) is 26.1 Å². The number of nitrogens with zero attached hydrogens (tertiary/aromatic N) is 1. The maximum Gasteiger partial charge on any atom is 0.503 e. The molecule has 1 heterocycles. The van der Waals surface area contributed by atoms with Crippen LogP contribution in [-0.2, 0) is 4.74 Å². The Morgan fingerprint density at radius 2 is 1.73 bits per heavy atom. The lowest BCUT2D eigenvalue weighted by molar-refractivity contribution is -0.00521. The van der Waals surface area contributed by atoms with Gasteiger partial charge in [0.2, 0.25) is 0 Å². The van der Waals surface area contributed by atoms with Gasteiger partial charge in [0.05, 0.1) is 12.2 Å². The van der Waals surface area contributed by atoms with Gasteiger partial charge < -0.3 is 30.9 Å². The summed E-state index contributed by atoms with van der Waals surface area (Å²) in [7, 11) is 0. The van der Waals surface area contributed by atoms with Crippen molar-refractivity contribution in [1.29, 1.82) is 5.41 Å². The first-order valence-corrected chi connectivity index (χ1v) is 6.81. The first kappa shape index (κ1) is 17.6. The summed E-state index contributed by atoms with van der Waals surface area (Å²) in [6, 6.07) is 7.94. The molecule has 1 aliphatic heterocycles. The molecule has 1 aromatic carbocycles. The number of carbonyl (C=O) groups is 1. The minimum Gasteiger partial charge on any atom is -0.450 e. The summed E-state index contributed by atoms with van der Waals surface area (Å²) in [5, 5.41) is 23.9. The zero-order valence-electron chi connectivity index (χ0n) is 12.6. The first-order valence-electron chi connectivity index (χ1n) is 6.81. The predicted molar refractivity (Wildman–Crippen MR) is 84.9 cm³/mol. The molecule has 2 atom stereocenters. The van der Waals surface area contributed by atoms with Gasteiger partial charge in [0.25, 0.3) is 0 Å². The molecule has 0 saturated carbocycles. The van der Waals surface area contributed by atoms with Crippen LogP contribution in [0, 0.1) is 5.41 Å². The molecule has 0 spiro atoms. The van der Waals surface area contributed by atoms with E-state index in [1.807, 2.05) is 24.3 Å². The van der Waals surface area contributed by atoms with Crippen LogP contribution in [0.25, 0.3) is 0 Å². The molecule has 22 heavy (non-hydrogen) atoms. The second kappa shape index (κ2) is 8.08. The van der Waals surface area contributed by atoms with E-state index in [2.05, 4.69) is 24.1 Å². The highest BCUT2D eigenvalue weighted by molar-refractivity contribution is 5.89. The Morgan fingerprint density at radius 3 is 2.14 bits per heavy atom. The third-order valence-electron chi connectivity index (χ3n) is 2.93. The summed E-state index contributed by atoms with van der Waals surface area (Å²) >= 11 is 0. The minimum absolute atomic E-state index is 0.0450. The second-order valence-corrected chi connectivity index (χ2v) is 5.03. The Balaban J connectivity index is 0.000000541. The molecule has 1 aliphatic rings. The molecular formula is C14H22N4O4. The average molecular weight is 310 g/mol. The summed E-state index contributed by atoms with van der Waals surface area (Å²) in [4.78, 5) is 10.9. The van der Waals surface area contributed by atoms with Crippen molar-refractivity contribution >= 4 is 23.5 Å². The summed E-state index contributed by atoms with van der Waals surface area (Å²) in [5.74, 6) is -0.0450. The van der Waals surface area contributed by atoms with Crippen molar-refractivity contribution in [3.63, 3.8) is 0 Å². The lowest BCUT2D eigenvalue weighted by Gasteiger charge is -2.36. The largest absolute Gasteiger partial charge is 0.503 e. The van der Waals surface area contributed by atoms with E-state index in [0.29, 0.717) is 0 Å². The normalized spacial score (nSPS) is 20.5. The van der Waals surface area contributed by atoms with E-state index >= 15 is 0 Å². The lowest BCUT2D eigenvalue weighted by Crippen LogP contribution is -2.45. The number of anilines is 2. The fourth-order valence-electron chi connectivity index (χ4n) is 2.30. The monoisotopic (exact) mass is 310 g/mol. The smallest absolute Gasteiger partial charge is 0.450 e. The second-order valence-electron chi connectivity index (χ2n) is 5.03. The van der Waals surface area contributed by atoms with Crippen LogP contribution >= 0.6 is 0 Å². The highest BCUT2D eigenvalue weighted by Gasteiger charge is 2.22. The number of nitrogens with two attached hydrogens (primary N) is 1. The zero-order valence-corrected chi connectivity index (χ0v) is 12.6. The van der Waals surface area contributed by atoms with Crippen molar-refractivity contribution < 1.29 is 19.7 Å². The minimum atomic E-state index is -1.83. The molecule has 1 aromatic rings. The summed E-state index contributed by atoms with van der Waals surface area (Å²) in [6.07, 6.45) is -1.33. The first-order chi connectivity index (χ1) is 10.3. The van der Waals surface area contributed by atoms with E-state index in [9.17, 15) is 0 Å². The topological polar surface area (TPSA) is 132 Å². The van der Waals surface area contributed by atoms with Gasteiger partial charge in [0, 0.05) is 24.5 Å². The molecule has 0 unspecified atom stereocenters. The van der Waals surface area contributed by atoms with E-state index in [1.165, 1.54) is 5.69 Å². The Hall–Kier alpha value is -2.48. The average Bonchev–Trinajstić information content (AvgIpc) is 2.37. The van der Waals surface area contributed by atoms with E-state index in [-0.39, 0.29) is 18.2 Å². The van der Waals surface area contributed by atoms with Crippen LogP contribution in [-0.4, -0.2) is 47.6 Å². The van der Waals surface area contributed by atoms with Crippen LogP contribution in [0.4, 0.5) is 16.2 Å². The Labute approximate surface area is 129 Å². The van der Waals surface area contributed by atoms with Crippen LogP contribution in [0.1, 0.15) is 13.8 Å². The number of hydrogen-bond acceptors (Lipinski definition) is 4. The van der Waals surface area contributed by atoms with Crippen LogP contribution in [0.5, 0.6) is 0 Å². The molecule has 2 rings (SSSR count). The fraction of sp³-hybridized carbons (Fsp3) is 0.429. The van der Waals surface area contributed by atoms with Crippen molar-refractivity contribution in [1.82, 2.24) is 0 Å². The number of rotatable bonds is 2. The number of ether oxygens (including phenoxy) is 1. The van der Waals surface area contributed by atoms with E-state index in [0.717, 1.165) is 18.8 Å². The lowest BCUT2D eigenvalue weighted by atomic mass is 10.2. The highest BCUT2D eigenvalue weighted by atomic mass is 16.6. The Kier molecular flexibility index (Phi) is 6.46. The number of morpholine rings is 1. The van der Waals surface area contributed by atoms with Gasteiger partial charge in [-0.3, -0.25) is 5.41 Å². The molecular weight excluding hydrogens is 288 g/mol. The molecule has 122 valence electrons. The molecule has 8 nitrogen and oxygen atoms in total. The van der Waals surface area contributed by atoms with Gasteiger partial charge in [-0.1, -0.05) is 0 Å². The van der Waals surface area contributed by atoms with Crippen LogP contribution < -0.4 is 16.0 Å². The van der Waals surface area contributed by atoms with Crippen molar-refractivity contribution in [2.75, 3.05) is 23.3 Å². The molecule has 6 N–H and O–H groups in total. The zero-order chi connectivity index (χ0) is 16.7. The predicted octanol–water partition coefficient (Wildman–Crippen LogP) is 1.83. The van der Waals surface area contributed by atoms with Gasteiger partial charge in [0.15, 0.2) is 5.96 Å². The SMILES string of the molecule is C[C@@H]1CN(c2ccc(NC(=N)N)cc2)C[C@H](C)O1.O=C(O)O. The van der Waals surface area contributed by atoms with Crippen LogP contribution in [0.15, 0.2) is 24.3 Å². The highest BCUT2D eigenvalue weighted by Crippen LogP contribution is 2.22. The molecule has 0 radical (unpaired) electrons. The number of nitrogens with one attached hydrogen (secondary N) is 2. The fourth-order valence-corrected chi connectivity index (χ4v) is 2.30. The van der Waals surface area contributed by atoms with Gasteiger partial charge in [-0.2, -0.15) is 0 Å². The van der Waals surface area contributed by atoms with Gasteiger partial charge >= 0.3 is 6.16 Å². The van der Waals surface area contributed by atoms with Crippen molar-refractivity contribution in [3.8, 4) is 0 Å². The number of carboxylic acid groups (broad SMARTS) is 2. The van der Waals surface area contributed by atoms with Gasteiger partial charge in [-0.05, 0) is 38.1 Å². The molecule has 8 heteroatoms. The van der Waals surface area contributed by atoms with E-state index < -0.39 is 6.16 Å². The summed E-state index contributed by atoms with van der Waals surface area (Å²) in [5.41, 5.74) is 7.29. The van der Waals surface area contributed by atoms with E-state index in [1.54, 1.807) is 0 Å². The van der Waals surface area contributed by atoms with E-state index in [4.69, 9.17) is 30.9 Å². The standard InChI is InChI=1S/C13H20N4O.CH2O3/c1-9-7-17(8-10(2)18-9)12-5-3-11(4-6-12)16-13(14)15;2-1(3)4/h3-6,9-10H,7-8H2,1-2H3,(H4,14,15,16);(H2,2,3,4)/t9-,10+;. The maximum absolute atomic E-state index is 8.56.